The molecule has 1 saturated carbocycles. The van der Waals surface area contributed by atoms with Gasteiger partial charge in [-0.25, -0.2) is 0 Å². The highest BCUT2D eigenvalue weighted by Crippen LogP contribution is 2.64. The van der Waals surface area contributed by atoms with Gasteiger partial charge in [-0.1, -0.05) is 36.2 Å². The highest BCUT2D eigenvalue weighted by molar-refractivity contribution is 6.31. The Bertz CT molecular complexity index is 1510. The molecule has 6 atom stereocenters. The number of phenols is 1. The molecule has 2 amide bonds. The van der Waals surface area contributed by atoms with Crippen molar-refractivity contribution in [3.05, 3.63) is 76.3 Å². The van der Waals surface area contributed by atoms with Gasteiger partial charge in [-0.15, -0.1) is 0 Å². The highest BCUT2D eigenvalue weighted by atomic mass is 35.5. The van der Waals surface area contributed by atoms with Gasteiger partial charge in [0.2, 0.25) is 11.8 Å². The summed E-state index contributed by atoms with van der Waals surface area (Å²) in [5.41, 5.74) is 0.840. The van der Waals surface area contributed by atoms with Crippen LogP contribution in [0.2, 0.25) is 5.02 Å². The molecule has 8 heteroatoms. The number of halogens is 1. The lowest BCUT2D eigenvalue weighted by atomic mass is 9.47. The van der Waals surface area contributed by atoms with Gasteiger partial charge in [-0.2, -0.15) is 0 Å². The van der Waals surface area contributed by atoms with Crippen LogP contribution in [0.1, 0.15) is 38.2 Å². The first-order valence-corrected chi connectivity index (χ1v) is 13.4. The third kappa shape index (κ3) is 3.48. The predicted molar refractivity (Wildman–Crippen MR) is 144 cm³/mol. The number of benzene rings is 2. The molecular weight excluding hydrogens is 518 g/mol. The molecule has 0 unspecified atom stereocenters. The van der Waals surface area contributed by atoms with Gasteiger partial charge in [0.1, 0.15) is 11.5 Å². The average molecular weight is 546 g/mol. The molecule has 6 rings (SSSR count). The van der Waals surface area contributed by atoms with Crippen LogP contribution in [0.3, 0.4) is 0 Å². The summed E-state index contributed by atoms with van der Waals surface area (Å²) in [5, 5.41) is 11.6. The Balaban J connectivity index is 1.53. The monoisotopic (exact) mass is 545 g/mol. The number of nitrogens with zero attached hydrogens (tertiary/aromatic N) is 1. The van der Waals surface area contributed by atoms with Crippen LogP contribution >= 0.6 is 11.6 Å². The lowest BCUT2D eigenvalue weighted by Gasteiger charge is -2.53. The fourth-order valence-corrected chi connectivity index (χ4v) is 7.67. The minimum atomic E-state index is -1.20. The zero-order chi connectivity index (χ0) is 27.8. The second-order valence-electron chi connectivity index (χ2n) is 11.1. The number of amides is 2. The number of hydrogen-bond donors (Lipinski definition) is 1. The van der Waals surface area contributed by atoms with Crippen LogP contribution in [0.5, 0.6) is 11.5 Å². The van der Waals surface area contributed by atoms with E-state index in [2.05, 4.69) is 0 Å². The number of fused-ring (bicyclic) bond motifs is 4. The Kier molecular flexibility index (Phi) is 5.84. The van der Waals surface area contributed by atoms with Crippen LogP contribution in [0.15, 0.2) is 65.8 Å². The molecule has 2 aromatic carbocycles. The Morgan fingerprint density at radius 3 is 2.44 bits per heavy atom. The minimum Gasteiger partial charge on any atom is -0.508 e. The predicted octanol–water partition coefficient (Wildman–Crippen LogP) is 5.01. The highest BCUT2D eigenvalue weighted by Gasteiger charge is 2.64. The van der Waals surface area contributed by atoms with E-state index in [-0.39, 0.29) is 35.6 Å². The molecule has 2 fully saturated rings. The first-order valence-electron chi connectivity index (χ1n) is 13.1. The van der Waals surface area contributed by atoms with E-state index in [9.17, 15) is 24.3 Å². The molecule has 2 aromatic rings. The Morgan fingerprint density at radius 1 is 1.03 bits per heavy atom. The molecule has 1 aliphatic heterocycles. The molecule has 39 heavy (non-hydrogen) atoms. The fraction of sp³-hybridized carbons (Fsp3) is 0.355. The van der Waals surface area contributed by atoms with Crippen molar-refractivity contribution in [1.29, 1.82) is 0 Å². The quantitative estimate of drug-likeness (QED) is 0.429. The van der Waals surface area contributed by atoms with Gasteiger partial charge in [-0.3, -0.25) is 24.1 Å². The zero-order valence-corrected chi connectivity index (χ0v) is 22.6. The second-order valence-corrected chi connectivity index (χ2v) is 11.6. The summed E-state index contributed by atoms with van der Waals surface area (Å²) in [6.45, 7) is 3.43. The summed E-state index contributed by atoms with van der Waals surface area (Å²) in [6.07, 6.45) is 3.92. The lowest BCUT2D eigenvalue weighted by Crippen LogP contribution is -2.54. The third-order valence-electron chi connectivity index (χ3n) is 9.28. The number of imide groups is 1. The average Bonchev–Trinajstić information content (AvgIpc) is 3.17. The lowest BCUT2D eigenvalue weighted by molar-refractivity contribution is -0.141. The van der Waals surface area contributed by atoms with Crippen molar-refractivity contribution in [2.75, 3.05) is 12.0 Å². The number of hydrogen-bond acceptors (Lipinski definition) is 6. The first-order chi connectivity index (χ1) is 18.6. The Morgan fingerprint density at radius 2 is 1.74 bits per heavy atom. The van der Waals surface area contributed by atoms with Crippen LogP contribution < -0.4 is 9.64 Å². The molecule has 1 saturated heterocycles. The number of methoxy groups -OCH3 is 1. The number of ether oxygens (including phenoxy) is 1. The molecular formula is C31H28ClNO6. The van der Waals surface area contributed by atoms with Crippen LogP contribution in [-0.4, -0.2) is 35.6 Å². The molecule has 1 N–H and O–H groups in total. The smallest absolute Gasteiger partial charge is 0.238 e. The van der Waals surface area contributed by atoms with Crippen molar-refractivity contribution < 1.29 is 29.0 Å². The van der Waals surface area contributed by atoms with E-state index in [1.807, 2.05) is 6.08 Å². The third-order valence-corrected chi connectivity index (χ3v) is 9.53. The standard InChI is InChI=1S/C31H28ClNO6/c1-15-13-23(35)21-14-20-18(27(31(21,2)28(15)36)26-22(34)5-4-6-24(26)39-3)11-12-19-25(20)30(38)33(29(19)37)17-9-7-16(32)8-10-17/h4-11,13,19-21,25,27,34H,12,14H2,1-3H3/t19-,20+,21-,25-,27+,31+/m0/s1. The fourth-order valence-electron chi connectivity index (χ4n) is 7.55. The van der Waals surface area contributed by atoms with Crippen LogP contribution in [0, 0.1) is 29.1 Å². The van der Waals surface area contributed by atoms with E-state index in [1.54, 1.807) is 50.2 Å². The number of anilines is 1. The number of ketones is 2. The van der Waals surface area contributed by atoms with E-state index >= 15 is 0 Å². The number of rotatable bonds is 3. The molecule has 7 nitrogen and oxygen atoms in total. The molecule has 3 aliphatic carbocycles. The largest absolute Gasteiger partial charge is 0.508 e. The van der Waals surface area contributed by atoms with Gasteiger partial charge in [0.05, 0.1) is 30.0 Å². The summed E-state index contributed by atoms with van der Waals surface area (Å²) in [4.78, 5) is 56.2. The molecule has 200 valence electrons. The Hall–Kier alpha value is -3.71. The van der Waals surface area contributed by atoms with Gasteiger partial charge < -0.3 is 9.84 Å². The van der Waals surface area contributed by atoms with E-state index in [4.69, 9.17) is 16.3 Å². The van der Waals surface area contributed by atoms with Crippen molar-refractivity contribution in [3.8, 4) is 11.5 Å². The molecule has 4 aliphatic rings. The maximum absolute atomic E-state index is 14.0. The van der Waals surface area contributed by atoms with Crippen LogP contribution in [0.4, 0.5) is 5.69 Å². The molecule has 0 radical (unpaired) electrons. The summed E-state index contributed by atoms with van der Waals surface area (Å²) < 4.78 is 5.64. The topological polar surface area (TPSA) is 101 Å². The van der Waals surface area contributed by atoms with Crippen molar-refractivity contribution in [2.45, 2.75) is 32.6 Å². The normalized spacial score (nSPS) is 31.8. The van der Waals surface area contributed by atoms with E-state index in [0.717, 1.165) is 5.57 Å². The molecule has 0 aromatic heterocycles. The zero-order valence-electron chi connectivity index (χ0n) is 21.8. The Labute approximate surface area is 231 Å². The van der Waals surface area contributed by atoms with E-state index in [1.165, 1.54) is 24.2 Å². The van der Waals surface area contributed by atoms with E-state index in [0.29, 0.717) is 34.0 Å². The van der Waals surface area contributed by atoms with Gasteiger partial charge in [0.15, 0.2) is 11.6 Å². The first kappa shape index (κ1) is 25.6. The molecule has 1 heterocycles. The molecule has 0 bridgehead atoms. The number of carbonyl (C=O) groups is 4. The number of phenolic OH excluding ortho intramolecular Hbond substituents is 1. The number of allylic oxidation sites excluding steroid dienone is 4. The summed E-state index contributed by atoms with van der Waals surface area (Å²) >= 11 is 6.04. The molecule has 0 spiro atoms. The SMILES string of the molecule is COc1cccc(O)c1[C@H]1C2=CC[C@@H]3C(=O)N(c4ccc(Cl)cc4)C(=O)[C@@H]3[C@@H]2C[C@H]2C(=O)C=C(C)C(=O)[C@@]12C. The van der Waals surface area contributed by atoms with Gasteiger partial charge in [0.25, 0.3) is 0 Å². The number of carbonyl (C=O) groups excluding carboxylic acids is 4. The van der Waals surface area contributed by atoms with Crippen molar-refractivity contribution in [2.24, 2.45) is 29.1 Å². The maximum atomic E-state index is 14.0. The van der Waals surface area contributed by atoms with Crippen molar-refractivity contribution in [1.82, 2.24) is 0 Å². The van der Waals surface area contributed by atoms with E-state index < -0.39 is 35.0 Å². The summed E-state index contributed by atoms with van der Waals surface area (Å²) in [7, 11) is 1.49. The van der Waals surface area contributed by atoms with Gasteiger partial charge in [-0.05, 0) is 73.7 Å². The summed E-state index contributed by atoms with van der Waals surface area (Å²) in [6, 6.07) is 11.5. The number of Topliss-reactive ketones (excluding diaryl/α,β-unsaturated/α-hetero) is 1. The van der Waals surface area contributed by atoms with Gasteiger partial charge in [0, 0.05) is 22.4 Å². The van der Waals surface area contributed by atoms with Crippen LogP contribution in [-0.2, 0) is 19.2 Å². The van der Waals surface area contributed by atoms with Crippen molar-refractivity contribution in [3.63, 3.8) is 0 Å². The summed E-state index contributed by atoms with van der Waals surface area (Å²) in [5.74, 6) is -3.78. The number of aromatic hydroxyl groups is 1. The van der Waals surface area contributed by atoms with Crippen LogP contribution in [0.25, 0.3) is 0 Å². The second kappa shape index (κ2) is 8.91. The minimum absolute atomic E-state index is 0.0490. The maximum Gasteiger partial charge on any atom is 0.238 e. The van der Waals surface area contributed by atoms with Gasteiger partial charge >= 0.3 is 0 Å². The van der Waals surface area contributed by atoms with Crippen molar-refractivity contribution >= 4 is 40.7 Å².